The maximum atomic E-state index is 14.2. The molecule has 2 saturated heterocycles. The maximum absolute atomic E-state index is 14.2. The minimum absolute atomic E-state index is 0.0369. The molecule has 11 rings (SSSR count). The smallest absolute Gasteiger partial charge is 0.253 e. The van der Waals surface area contributed by atoms with E-state index in [9.17, 15) is 28.8 Å². The molecule has 346 valence electrons. The average Bonchev–Trinajstić information content (AvgIpc) is 4.31. The van der Waals surface area contributed by atoms with Crippen LogP contribution in [0.2, 0.25) is 0 Å². The number of pyridine rings is 2. The predicted molar refractivity (Wildman–Crippen MR) is 251 cm³/mol. The third-order valence-electron chi connectivity index (χ3n) is 15.1. The zero-order valence-electron chi connectivity index (χ0n) is 37.5. The van der Waals surface area contributed by atoms with Crippen LogP contribution in [0.15, 0.2) is 134 Å². The van der Waals surface area contributed by atoms with Gasteiger partial charge in [0.2, 0.25) is 23.6 Å². The zero-order valence-corrected chi connectivity index (χ0v) is 37.5. The van der Waals surface area contributed by atoms with E-state index >= 15 is 0 Å². The molecule has 2 aromatic heterocycles. The highest BCUT2D eigenvalue weighted by atomic mass is 16.2. The number of aromatic nitrogens is 2. The summed E-state index contributed by atoms with van der Waals surface area (Å²) in [4.78, 5) is 95.8. The van der Waals surface area contributed by atoms with Crippen LogP contribution in [0.1, 0.15) is 92.3 Å². The lowest BCUT2D eigenvalue weighted by atomic mass is 9.94. The quantitative estimate of drug-likeness (QED) is 0.125. The van der Waals surface area contributed by atoms with Gasteiger partial charge in [-0.25, -0.2) is 0 Å². The summed E-state index contributed by atoms with van der Waals surface area (Å²) in [6, 6.07) is 33.9. The van der Waals surface area contributed by atoms with Gasteiger partial charge in [0.1, 0.15) is 0 Å². The standard InChI is InChI=1S/C54H54N8O6/c63-49(57-45-21-37(45)31-9-3-1-4-10-31)41-27-61(28-42(41)50(64)58-46-22-38(46)32-11-5-2-6-12-32)53(67)33-15-17-34(18-16-33)54(68)62-29-43(51(65)59-47-23-39(47)35-13-7-19-55-25-35)44(30-62)52(66)60-48-24-40(48)36-14-8-20-56-26-36/h1-20,25-26,37-48H,21-24,27-30H2,(H,57,63)(H,58,64)(H,59,65)(H,60,66)/t37-,38-,39-,40-,41-,42-,43-,44-,45+,46+,47+,48+/m1/s1. The van der Waals surface area contributed by atoms with E-state index in [1.807, 2.05) is 60.7 Å². The first-order valence-corrected chi connectivity index (χ1v) is 24.0. The number of nitrogens with one attached hydrogen (secondary N) is 4. The number of amides is 6. The number of nitrogens with zero attached hydrogens (tertiary/aromatic N) is 4. The first-order chi connectivity index (χ1) is 33.2. The van der Waals surface area contributed by atoms with Crippen LogP contribution in [0.25, 0.3) is 0 Å². The van der Waals surface area contributed by atoms with Gasteiger partial charge in [0.25, 0.3) is 11.8 Å². The zero-order chi connectivity index (χ0) is 46.5. The molecule has 4 saturated carbocycles. The molecule has 4 heterocycles. The molecule has 0 unspecified atom stereocenters. The molecule has 6 amide bonds. The van der Waals surface area contributed by atoms with Gasteiger partial charge in [-0.3, -0.25) is 38.7 Å². The summed E-state index contributed by atoms with van der Waals surface area (Å²) >= 11 is 0. The highest BCUT2D eigenvalue weighted by Gasteiger charge is 2.51. The van der Waals surface area contributed by atoms with Gasteiger partial charge >= 0.3 is 0 Å². The largest absolute Gasteiger partial charge is 0.352 e. The normalized spacial score (nSPS) is 29.6. The molecule has 14 heteroatoms. The fourth-order valence-corrected chi connectivity index (χ4v) is 10.8. The van der Waals surface area contributed by atoms with Crippen LogP contribution in [0, 0.1) is 23.7 Å². The van der Waals surface area contributed by atoms with Crippen molar-refractivity contribution in [1.29, 1.82) is 0 Å². The third-order valence-corrected chi connectivity index (χ3v) is 15.1. The van der Waals surface area contributed by atoms with Crippen molar-refractivity contribution in [3.05, 3.63) is 167 Å². The molecule has 12 atom stereocenters. The molecular weight excluding hydrogens is 857 g/mol. The Labute approximate surface area is 394 Å². The lowest BCUT2D eigenvalue weighted by molar-refractivity contribution is -0.133. The van der Waals surface area contributed by atoms with Crippen molar-refractivity contribution in [3.8, 4) is 0 Å². The monoisotopic (exact) mass is 910 g/mol. The molecule has 2 aliphatic heterocycles. The van der Waals surface area contributed by atoms with Crippen molar-refractivity contribution >= 4 is 35.4 Å². The van der Waals surface area contributed by atoms with Crippen LogP contribution < -0.4 is 21.3 Å². The second-order valence-corrected chi connectivity index (χ2v) is 19.6. The summed E-state index contributed by atoms with van der Waals surface area (Å²) in [5.74, 6) is -3.98. The molecule has 0 spiro atoms. The van der Waals surface area contributed by atoms with Gasteiger partial charge in [-0.05, 0) is 84.3 Å². The van der Waals surface area contributed by atoms with Crippen LogP contribution in [-0.4, -0.2) is 106 Å². The number of hydrogen-bond acceptors (Lipinski definition) is 8. The second kappa shape index (κ2) is 18.1. The van der Waals surface area contributed by atoms with E-state index in [4.69, 9.17) is 0 Å². The Morgan fingerprint density at radius 1 is 0.382 bits per heavy atom. The molecule has 6 aliphatic rings. The van der Waals surface area contributed by atoms with E-state index in [0.717, 1.165) is 47.9 Å². The van der Waals surface area contributed by atoms with Crippen molar-refractivity contribution in [2.75, 3.05) is 26.2 Å². The first kappa shape index (κ1) is 43.4. The van der Waals surface area contributed by atoms with Crippen molar-refractivity contribution in [3.63, 3.8) is 0 Å². The average molecular weight is 911 g/mol. The summed E-state index contributed by atoms with van der Waals surface area (Å²) in [6.45, 7) is 0.274. The molecule has 6 fully saturated rings. The number of rotatable bonds is 14. The SMILES string of the molecule is O=C(N[C@H]1C[C@@H]1c1ccccc1)[C@@H]1CN(C(=O)c2ccc(C(=O)N3C[C@@H](C(=O)N[C@H]4C[C@@H]4c4cccnc4)[C@H](C(=O)N[C@H]4C[C@@H]4c4cccnc4)C3)cc2)C[C@H]1C(=O)N[C@H]1C[C@@H]1c1ccccc1. The Kier molecular flexibility index (Phi) is 11.5. The summed E-state index contributed by atoms with van der Waals surface area (Å²) in [5, 5.41) is 12.7. The van der Waals surface area contributed by atoms with Crippen molar-refractivity contribution < 1.29 is 28.8 Å². The predicted octanol–water partition coefficient (Wildman–Crippen LogP) is 4.54. The van der Waals surface area contributed by atoms with E-state index < -0.39 is 23.7 Å². The van der Waals surface area contributed by atoms with E-state index in [2.05, 4.69) is 55.5 Å². The van der Waals surface area contributed by atoms with Crippen LogP contribution in [0.5, 0.6) is 0 Å². The summed E-state index contributed by atoms with van der Waals surface area (Å²) in [6.07, 6.45) is 10.2. The number of carbonyl (C=O) groups is 6. The highest BCUT2D eigenvalue weighted by molar-refractivity contribution is 6.00. The van der Waals surface area contributed by atoms with Crippen LogP contribution in [-0.2, 0) is 19.2 Å². The molecule has 4 aliphatic carbocycles. The minimum Gasteiger partial charge on any atom is -0.352 e. The lowest BCUT2D eigenvalue weighted by Crippen LogP contribution is -2.43. The van der Waals surface area contributed by atoms with Gasteiger partial charge in [0, 0.05) is 110 Å². The van der Waals surface area contributed by atoms with Crippen molar-refractivity contribution in [1.82, 2.24) is 41.0 Å². The number of hydrogen-bond donors (Lipinski definition) is 4. The minimum atomic E-state index is -0.760. The molecule has 14 nitrogen and oxygen atoms in total. The molecule has 3 aromatic carbocycles. The molecule has 0 radical (unpaired) electrons. The van der Waals surface area contributed by atoms with Gasteiger partial charge in [-0.1, -0.05) is 72.8 Å². The van der Waals surface area contributed by atoms with Gasteiger partial charge < -0.3 is 31.1 Å². The van der Waals surface area contributed by atoms with Gasteiger partial charge in [-0.15, -0.1) is 0 Å². The van der Waals surface area contributed by atoms with E-state index in [1.54, 1.807) is 58.9 Å². The Balaban J connectivity index is 0.756. The van der Waals surface area contributed by atoms with E-state index in [-0.39, 0.29) is 109 Å². The van der Waals surface area contributed by atoms with Crippen molar-refractivity contribution in [2.45, 2.75) is 73.5 Å². The number of benzene rings is 3. The van der Waals surface area contributed by atoms with Crippen LogP contribution >= 0.6 is 0 Å². The van der Waals surface area contributed by atoms with E-state index in [0.29, 0.717) is 11.1 Å². The molecule has 5 aromatic rings. The molecule has 68 heavy (non-hydrogen) atoms. The topological polar surface area (TPSA) is 183 Å². The summed E-state index contributed by atoms with van der Waals surface area (Å²) in [5.41, 5.74) is 5.03. The van der Waals surface area contributed by atoms with Crippen LogP contribution in [0.3, 0.4) is 0 Å². The Morgan fingerprint density at radius 2 is 0.676 bits per heavy atom. The van der Waals surface area contributed by atoms with Gasteiger partial charge in [0.15, 0.2) is 0 Å². The lowest BCUT2D eigenvalue weighted by Gasteiger charge is -2.18. The third kappa shape index (κ3) is 9.11. The highest BCUT2D eigenvalue weighted by Crippen LogP contribution is 2.44. The Hall–Kier alpha value is -7.22. The van der Waals surface area contributed by atoms with Crippen LogP contribution in [0.4, 0.5) is 0 Å². The first-order valence-electron chi connectivity index (χ1n) is 24.0. The number of likely N-dealkylation sites (tertiary alicyclic amines) is 2. The number of carbonyl (C=O) groups excluding carboxylic acids is 6. The maximum Gasteiger partial charge on any atom is 0.253 e. The summed E-state index contributed by atoms with van der Waals surface area (Å²) in [7, 11) is 0. The van der Waals surface area contributed by atoms with E-state index in [1.165, 1.54) is 0 Å². The Bertz CT molecular complexity index is 2370. The summed E-state index contributed by atoms with van der Waals surface area (Å²) < 4.78 is 0. The second-order valence-electron chi connectivity index (χ2n) is 19.6. The fourth-order valence-electron chi connectivity index (χ4n) is 10.8. The molecule has 4 N–H and O–H groups in total. The Morgan fingerprint density at radius 3 is 0.971 bits per heavy atom. The fraction of sp³-hybridized carbons (Fsp3) is 0.370. The van der Waals surface area contributed by atoms with Gasteiger partial charge in [-0.2, -0.15) is 0 Å². The molecular formula is C54H54N8O6. The van der Waals surface area contributed by atoms with Gasteiger partial charge in [0.05, 0.1) is 23.7 Å². The van der Waals surface area contributed by atoms with Crippen molar-refractivity contribution in [2.24, 2.45) is 23.7 Å². The molecule has 0 bridgehead atoms.